The molecule has 2 heteroatoms. The Labute approximate surface area is 127 Å². The fourth-order valence-electron chi connectivity index (χ4n) is 2.56. The number of nitrogens with one attached hydrogen (secondary N) is 1. The van der Waals surface area contributed by atoms with Gasteiger partial charge in [-0.05, 0) is 43.0 Å². The molecule has 1 aliphatic rings. The van der Waals surface area contributed by atoms with Crippen LogP contribution >= 0.6 is 0 Å². The highest BCUT2D eigenvalue weighted by molar-refractivity contribution is 5.46. The van der Waals surface area contributed by atoms with Crippen LogP contribution in [0.25, 0.3) is 0 Å². The molecule has 2 aromatic rings. The molecule has 0 amide bonds. The van der Waals surface area contributed by atoms with Gasteiger partial charge in [-0.15, -0.1) is 0 Å². The van der Waals surface area contributed by atoms with Crippen LogP contribution in [-0.2, 0) is 13.1 Å². The number of benzene rings is 2. The Hall–Kier alpha value is -1.80. The normalized spacial score (nSPS) is 14.1. The molecule has 1 fully saturated rings. The van der Waals surface area contributed by atoms with Gasteiger partial charge in [-0.3, -0.25) is 0 Å². The Bertz CT molecular complexity index is 544. The third kappa shape index (κ3) is 4.08. The molecule has 0 saturated heterocycles. The average molecular weight is 280 g/mol. The van der Waals surface area contributed by atoms with Crippen molar-refractivity contribution in [3.05, 3.63) is 65.7 Å². The highest BCUT2D eigenvalue weighted by Crippen LogP contribution is 2.20. The van der Waals surface area contributed by atoms with Crippen molar-refractivity contribution in [3.63, 3.8) is 0 Å². The Morgan fingerprint density at radius 3 is 2.24 bits per heavy atom. The van der Waals surface area contributed by atoms with Crippen molar-refractivity contribution >= 4 is 5.69 Å². The predicted octanol–water partition coefficient (Wildman–Crippen LogP) is 3.97. The highest BCUT2D eigenvalue weighted by Gasteiger charge is 2.19. The summed E-state index contributed by atoms with van der Waals surface area (Å²) in [4.78, 5) is 2.40. The molecular formula is C19H24N2. The lowest BCUT2D eigenvalue weighted by molar-refractivity contribution is 0.687. The van der Waals surface area contributed by atoms with E-state index in [4.69, 9.17) is 0 Å². The summed E-state index contributed by atoms with van der Waals surface area (Å²) in [7, 11) is 0. The van der Waals surface area contributed by atoms with E-state index in [2.05, 4.69) is 71.7 Å². The molecule has 1 aliphatic carbocycles. The van der Waals surface area contributed by atoms with Gasteiger partial charge in [0.1, 0.15) is 0 Å². The molecule has 1 N–H and O–H groups in total. The number of rotatable bonds is 7. The summed E-state index contributed by atoms with van der Waals surface area (Å²) in [5.41, 5.74) is 4.05. The molecule has 0 aromatic heterocycles. The maximum absolute atomic E-state index is 3.56. The van der Waals surface area contributed by atoms with Crippen LogP contribution in [0.1, 0.15) is 30.9 Å². The lowest BCUT2D eigenvalue weighted by Gasteiger charge is -2.23. The first-order valence-electron chi connectivity index (χ1n) is 7.96. The lowest BCUT2D eigenvalue weighted by atomic mass is 10.1. The number of para-hydroxylation sites is 1. The molecule has 3 rings (SSSR count). The average Bonchev–Trinajstić information content (AvgIpc) is 3.37. The smallest absolute Gasteiger partial charge is 0.0429 e. The molecule has 2 nitrogen and oxygen atoms in total. The van der Waals surface area contributed by atoms with Gasteiger partial charge in [0, 0.05) is 31.4 Å². The van der Waals surface area contributed by atoms with Gasteiger partial charge < -0.3 is 10.2 Å². The van der Waals surface area contributed by atoms with Crippen molar-refractivity contribution < 1.29 is 0 Å². The summed E-state index contributed by atoms with van der Waals surface area (Å²) in [6.07, 6.45) is 2.70. The Kier molecular flexibility index (Phi) is 4.56. The van der Waals surface area contributed by atoms with Crippen LogP contribution in [0.2, 0.25) is 0 Å². The molecule has 0 radical (unpaired) electrons. The zero-order valence-corrected chi connectivity index (χ0v) is 12.8. The van der Waals surface area contributed by atoms with Gasteiger partial charge in [0.2, 0.25) is 0 Å². The molecule has 0 atom stereocenters. The van der Waals surface area contributed by atoms with Gasteiger partial charge in [0.05, 0.1) is 0 Å². The molecular weight excluding hydrogens is 256 g/mol. The monoisotopic (exact) mass is 280 g/mol. The van der Waals surface area contributed by atoms with Crippen LogP contribution in [0.4, 0.5) is 5.69 Å². The number of hydrogen-bond donors (Lipinski definition) is 1. The summed E-state index contributed by atoms with van der Waals surface area (Å²) in [6.45, 7) is 5.20. The Morgan fingerprint density at radius 2 is 1.62 bits per heavy atom. The Morgan fingerprint density at radius 1 is 0.952 bits per heavy atom. The second kappa shape index (κ2) is 6.77. The van der Waals surface area contributed by atoms with Crippen molar-refractivity contribution in [2.45, 2.75) is 38.9 Å². The number of hydrogen-bond acceptors (Lipinski definition) is 2. The maximum atomic E-state index is 3.56. The number of anilines is 1. The first kappa shape index (κ1) is 14.2. The van der Waals surface area contributed by atoms with E-state index in [0.29, 0.717) is 0 Å². The molecule has 2 aromatic carbocycles. The van der Waals surface area contributed by atoms with E-state index in [1.165, 1.54) is 29.7 Å². The zero-order valence-electron chi connectivity index (χ0n) is 12.8. The lowest BCUT2D eigenvalue weighted by Crippen LogP contribution is -2.21. The summed E-state index contributed by atoms with van der Waals surface area (Å²) >= 11 is 0. The first-order valence-corrected chi connectivity index (χ1v) is 7.96. The van der Waals surface area contributed by atoms with E-state index < -0.39 is 0 Å². The van der Waals surface area contributed by atoms with Crippen molar-refractivity contribution in [1.29, 1.82) is 0 Å². The van der Waals surface area contributed by atoms with Gasteiger partial charge in [-0.25, -0.2) is 0 Å². The molecule has 1 saturated carbocycles. The van der Waals surface area contributed by atoms with Crippen molar-refractivity contribution in [2.75, 3.05) is 11.4 Å². The van der Waals surface area contributed by atoms with Crippen molar-refractivity contribution in [1.82, 2.24) is 5.32 Å². The molecule has 0 heterocycles. The quantitative estimate of drug-likeness (QED) is 0.825. The van der Waals surface area contributed by atoms with Gasteiger partial charge in [0.25, 0.3) is 0 Å². The standard InChI is InChI=1S/C19H24N2/c1-2-21(19-6-4-3-5-7-19)15-17-10-8-16(9-11-17)14-20-18-12-13-18/h3-11,18,20H,2,12-15H2,1H3. The SMILES string of the molecule is CCN(Cc1ccc(CNC2CC2)cc1)c1ccccc1. The van der Waals surface area contributed by atoms with Gasteiger partial charge in [-0.2, -0.15) is 0 Å². The molecule has 0 bridgehead atoms. The molecule has 0 unspecified atom stereocenters. The molecule has 0 aliphatic heterocycles. The highest BCUT2D eigenvalue weighted by atomic mass is 15.1. The minimum absolute atomic E-state index is 0.776. The van der Waals surface area contributed by atoms with Crippen LogP contribution in [0, 0.1) is 0 Å². The third-order valence-electron chi connectivity index (χ3n) is 4.07. The van der Waals surface area contributed by atoms with Crippen LogP contribution in [-0.4, -0.2) is 12.6 Å². The largest absolute Gasteiger partial charge is 0.367 e. The van der Waals surface area contributed by atoms with E-state index in [9.17, 15) is 0 Å². The van der Waals surface area contributed by atoms with Crippen molar-refractivity contribution in [2.24, 2.45) is 0 Å². The summed E-state index contributed by atoms with van der Waals surface area (Å²) < 4.78 is 0. The maximum Gasteiger partial charge on any atom is 0.0429 e. The summed E-state index contributed by atoms with van der Waals surface area (Å²) in [6, 6.07) is 20.4. The number of nitrogens with zero attached hydrogens (tertiary/aromatic N) is 1. The molecule has 21 heavy (non-hydrogen) atoms. The van der Waals surface area contributed by atoms with Gasteiger partial charge in [-0.1, -0.05) is 42.5 Å². The summed E-state index contributed by atoms with van der Waals surface area (Å²) in [5, 5.41) is 3.56. The fraction of sp³-hybridized carbons (Fsp3) is 0.368. The van der Waals surface area contributed by atoms with Crippen LogP contribution < -0.4 is 10.2 Å². The predicted molar refractivity (Wildman–Crippen MR) is 89.5 cm³/mol. The van der Waals surface area contributed by atoms with E-state index in [0.717, 1.165) is 25.7 Å². The van der Waals surface area contributed by atoms with E-state index in [1.807, 2.05) is 0 Å². The zero-order chi connectivity index (χ0) is 14.5. The molecule has 0 spiro atoms. The van der Waals surface area contributed by atoms with Crippen LogP contribution in [0.3, 0.4) is 0 Å². The summed E-state index contributed by atoms with van der Waals surface area (Å²) in [5.74, 6) is 0. The van der Waals surface area contributed by atoms with Crippen LogP contribution in [0.15, 0.2) is 54.6 Å². The van der Waals surface area contributed by atoms with E-state index in [1.54, 1.807) is 0 Å². The van der Waals surface area contributed by atoms with Gasteiger partial charge in [0.15, 0.2) is 0 Å². The van der Waals surface area contributed by atoms with Crippen molar-refractivity contribution in [3.8, 4) is 0 Å². The topological polar surface area (TPSA) is 15.3 Å². The minimum Gasteiger partial charge on any atom is -0.367 e. The van der Waals surface area contributed by atoms with E-state index >= 15 is 0 Å². The van der Waals surface area contributed by atoms with Crippen LogP contribution in [0.5, 0.6) is 0 Å². The Balaban J connectivity index is 1.60. The first-order chi connectivity index (χ1) is 10.3. The second-order valence-corrected chi connectivity index (χ2v) is 5.82. The van der Waals surface area contributed by atoms with E-state index in [-0.39, 0.29) is 0 Å². The fourth-order valence-corrected chi connectivity index (χ4v) is 2.56. The third-order valence-corrected chi connectivity index (χ3v) is 4.07. The molecule has 110 valence electrons. The van der Waals surface area contributed by atoms with Gasteiger partial charge >= 0.3 is 0 Å². The minimum atomic E-state index is 0.776. The second-order valence-electron chi connectivity index (χ2n) is 5.82.